The highest BCUT2D eigenvalue weighted by Gasteiger charge is 2.32. The Kier molecular flexibility index (Phi) is 4.94. The van der Waals surface area contributed by atoms with Gasteiger partial charge in [0.2, 0.25) is 0 Å². The van der Waals surface area contributed by atoms with Crippen molar-refractivity contribution >= 4 is 12.0 Å². The molecule has 0 aliphatic heterocycles. The number of aromatic amines is 1. The number of urea groups is 1. The van der Waals surface area contributed by atoms with Crippen LogP contribution in [0.25, 0.3) is 0 Å². The van der Waals surface area contributed by atoms with Gasteiger partial charge in [0.15, 0.2) is 0 Å². The normalized spacial score (nSPS) is 12.8. The minimum absolute atomic E-state index is 0.110. The summed E-state index contributed by atoms with van der Waals surface area (Å²) in [7, 11) is 0.929. The molecule has 20 heavy (non-hydrogen) atoms. The number of H-pyrrole nitrogens is 1. The smallest absolute Gasteiger partial charge is 0.406 e. The fraction of sp³-hybridized carbons (Fsp3) is 0.500. The maximum atomic E-state index is 12.1. The summed E-state index contributed by atoms with van der Waals surface area (Å²) in [5, 5.41) is 11.0. The Balaban J connectivity index is 2.61. The van der Waals surface area contributed by atoms with Crippen LogP contribution in [0.4, 0.5) is 18.0 Å². The third-order valence-corrected chi connectivity index (χ3v) is 2.34. The second kappa shape index (κ2) is 6.26. The van der Waals surface area contributed by atoms with Gasteiger partial charge in [0.05, 0.1) is 6.33 Å². The number of carbonyl (C=O) groups is 2. The number of imidazole rings is 1. The van der Waals surface area contributed by atoms with E-state index >= 15 is 0 Å². The number of aliphatic carboxylic acids is 1. The monoisotopic (exact) mass is 294 g/mol. The van der Waals surface area contributed by atoms with Crippen LogP contribution in [0.3, 0.4) is 0 Å². The van der Waals surface area contributed by atoms with Gasteiger partial charge in [-0.3, -0.25) is 0 Å². The van der Waals surface area contributed by atoms with Gasteiger partial charge in [0.25, 0.3) is 0 Å². The third-order valence-electron chi connectivity index (χ3n) is 2.34. The van der Waals surface area contributed by atoms with Crippen molar-refractivity contribution in [2.75, 3.05) is 13.6 Å². The van der Waals surface area contributed by atoms with E-state index in [0.29, 0.717) is 10.6 Å². The van der Waals surface area contributed by atoms with Crippen LogP contribution < -0.4 is 5.32 Å². The van der Waals surface area contributed by atoms with Crippen molar-refractivity contribution in [3.8, 4) is 0 Å². The number of carboxylic acids is 1. The van der Waals surface area contributed by atoms with Gasteiger partial charge in [0.1, 0.15) is 12.6 Å². The fourth-order valence-corrected chi connectivity index (χ4v) is 1.42. The van der Waals surface area contributed by atoms with Gasteiger partial charge >= 0.3 is 18.2 Å². The quantitative estimate of drug-likeness (QED) is 0.741. The first-order valence-corrected chi connectivity index (χ1v) is 5.47. The lowest BCUT2D eigenvalue weighted by Gasteiger charge is -2.22. The predicted octanol–water partition coefficient (Wildman–Crippen LogP) is 0.609. The van der Waals surface area contributed by atoms with Crippen LogP contribution in [-0.4, -0.2) is 57.8 Å². The van der Waals surface area contributed by atoms with Crippen LogP contribution in [0.15, 0.2) is 12.5 Å². The lowest BCUT2D eigenvalue weighted by atomic mass is 10.1. The summed E-state index contributed by atoms with van der Waals surface area (Å²) in [5.41, 5.74) is 0.441. The van der Waals surface area contributed by atoms with E-state index in [2.05, 4.69) is 9.97 Å². The number of hydrogen-bond acceptors (Lipinski definition) is 3. The molecular weight excluding hydrogens is 281 g/mol. The highest BCUT2D eigenvalue weighted by Crippen LogP contribution is 2.15. The Morgan fingerprint density at radius 3 is 2.65 bits per heavy atom. The molecular formula is C10H13F3N4O3. The average molecular weight is 294 g/mol. The minimum atomic E-state index is -4.55. The van der Waals surface area contributed by atoms with E-state index < -0.39 is 30.8 Å². The first-order valence-electron chi connectivity index (χ1n) is 5.47. The summed E-state index contributed by atoms with van der Waals surface area (Å²) < 4.78 is 36.3. The molecule has 0 aromatic carbocycles. The van der Waals surface area contributed by atoms with Crippen molar-refractivity contribution in [1.29, 1.82) is 0 Å². The van der Waals surface area contributed by atoms with Crippen molar-refractivity contribution in [3.05, 3.63) is 18.2 Å². The highest BCUT2D eigenvalue weighted by molar-refractivity contribution is 5.82. The number of nitrogens with zero attached hydrogens (tertiary/aromatic N) is 2. The van der Waals surface area contributed by atoms with Crippen molar-refractivity contribution in [2.24, 2.45) is 0 Å². The van der Waals surface area contributed by atoms with Crippen LogP contribution in [0.5, 0.6) is 0 Å². The summed E-state index contributed by atoms with van der Waals surface area (Å²) in [5.74, 6) is -1.35. The van der Waals surface area contributed by atoms with E-state index in [4.69, 9.17) is 5.11 Å². The molecule has 0 saturated carbocycles. The predicted molar refractivity (Wildman–Crippen MR) is 60.9 cm³/mol. The Bertz CT molecular complexity index is 461. The first kappa shape index (κ1) is 15.8. The Labute approximate surface area is 111 Å². The zero-order chi connectivity index (χ0) is 15.3. The topological polar surface area (TPSA) is 98.3 Å². The fourth-order valence-electron chi connectivity index (χ4n) is 1.42. The molecule has 2 amide bonds. The van der Waals surface area contributed by atoms with Crippen LogP contribution in [0.2, 0.25) is 0 Å². The van der Waals surface area contributed by atoms with Gasteiger partial charge in [-0.25, -0.2) is 14.6 Å². The summed E-state index contributed by atoms with van der Waals surface area (Å²) in [6.45, 7) is -1.46. The van der Waals surface area contributed by atoms with Crippen LogP contribution in [0, 0.1) is 0 Å². The standard InChI is InChI=1S/C10H13F3N4O3/c1-17(4-10(11,12)13)9(20)16-7(8(18)19)2-6-3-14-5-15-6/h3,5,7H,2,4H2,1H3,(H,14,15)(H,16,20)(H,18,19)/t7-/m0/s1. The lowest BCUT2D eigenvalue weighted by Crippen LogP contribution is -2.49. The Morgan fingerprint density at radius 1 is 1.55 bits per heavy atom. The lowest BCUT2D eigenvalue weighted by molar-refractivity contribution is -0.139. The van der Waals surface area contributed by atoms with Gasteiger partial charge < -0.3 is 20.3 Å². The molecule has 0 radical (unpaired) electrons. The van der Waals surface area contributed by atoms with Crippen molar-refractivity contribution in [1.82, 2.24) is 20.2 Å². The first-order chi connectivity index (χ1) is 9.19. The Morgan fingerprint density at radius 2 is 2.20 bits per heavy atom. The van der Waals surface area contributed by atoms with Crippen LogP contribution in [0.1, 0.15) is 5.69 Å². The van der Waals surface area contributed by atoms with Gasteiger partial charge in [-0.15, -0.1) is 0 Å². The molecule has 1 rings (SSSR count). The number of carbonyl (C=O) groups excluding carboxylic acids is 1. The summed E-state index contributed by atoms with van der Waals surface area (Å²) >= 11 is 0. The molecule has 10 heteroatoms. The van der Waals surface area contributed by atoms with Gasteiger partial charge in [-0.05, 0) is 0 Å². The molecule has 0 aliphatic carbocycles. The molecule has 1 heterocycles. The molecule has 0 bridgehead atoms. The van der Waals surface area contributed by atoms with Gasteiger partial charge in [-0.1, -0.05) is 0 Å². The summed E-state index contributed by atoms with van der Waals surface area (Å²) in [4.78, 5) is 29.2. The van der Waals surface area contributed by atoms with Crippen molar-refractivity contribution in [3.63, 3.8) is 0 Å². The number of aromatic nitrogens is 2. The SMILES string of the molecule is CN(CC(F)(F)F)C(=O)N[C@@H](Cc1cnc[nH]1)C(=O)O. The van der Waals surface area contributed by atoms with Crippen molar-refractivity contribution < 1.29 is 27.9 Å². The number of rotatable bonds is 5. The van der Waals surface area contributed by atoms with E-state index in [0.717, 1.165) is 7.05 Å². The molecule has 3 N–H and O–H groups in total. The zero-order valence-corrected chi connectivity index (χ0v) is 10.4. The van der Waals surface area contributed by atoms with Gasteiger partial charge in [0, 0.05) is 25.4 Å². The number of amides is 2. The van der Waals surface area contributed by atoms with Gasteiger partial charge in [-0.2, -0.15) is 13.2 Å². The van der Waals surface area contributed by atoms with E-state index in [9.17, 15) is 22.8 Å². The largest absolute Gasteiger partial charge is 0.480 e. The number of hydrogen-bond donors (Lipinski definition) is 3. The number of nitrogens with one attached hydrogen (secondary N) is 2. The number of halogens is 3. The minimum Gasteiger partial charge on any atom is -0.480 e. The number of carboxylic acid groups (broad SMARTS) is 1. The molecule has 7 nitrogen and oxygen atoms in total. The average Bonchev–Trinajstić information content (AvgIpc) is 2.78. The zero-order valence-electron chi connectivity index (χ0n) is 10.4. The van der Waals surface area contributed by atoms with Crippen LogP contribution in [-0.2, 0) is 11.2 Å². The van der Waals surface area contributed by atoms with Crippen molar-refractivity contribution in [2.45, 2.75) is 18.6 Å². The summed E-state index contributed by atoms with van der Waals surface area (Å²) in [6, 6.07) is -2.46. The molecule has 0 fully saturated rings. The molecule has 0 unspecified atom stereocenters. The van der Waals surface area contributed by atoms with E-state index in [-0.39, 0.29) is 6.42 Å². The maximum Gasteiger partial charge on any atom is 0.406 e. The van der Waals surface area contributed by atoms with E-state index in [1.54, 1.807) is 0 Å². The summed E-state index contributed by atoms with van der Waals surface area (Å²) in [6.07, 6.45) is -1.97. The second-order valence-electron chi connectivity index (χ2n) is 4.09. The molecule has 0 aliphatic rings. The molecule has 1 aromatic rings. The van der Waals surface area contributed by atoms with Crippen LogP contribution >= 0.6 is 0 Å². The molecule has 1 aromatic heterocycles. The number of alkyl halides is 3. The third kappa shape index (κ3) is 5.16. The molecule has 0 saturated heterocycles. The highest BCUT2D eigenvalue weighted by atomic mass is 19.4. The maximum absolute atomic E-state index is 12.1. The van der Waals surface area contributed by atoms with E-state index in [1.165, 1.54) is 12.5 Å². The van der Waals surface area contributed by atoms with E-state index in [1.807, 2.05) is 5.32 Å². The Hall–Kier alpha value is -2.26. The second-order valence-corrected chi connectivity index (χ2v) is 4.09. The molecule has 1 atom stereocenters. The molecule has 0 spiro atoms. The molecule has 112 valence electrons.